The van der Waals surface area contributed by atoms with Crippen molar-refractivity contribution in [3.63, 3.8) is 0 Å². The van der Waals surface area contributed by atoms with Gasteiger partial charge in [0.1, 0.15) is 0 Å². The summed E-state index contributed by atoms with van der Waals surface area (Å²) in [5.74, 6) is -2.75. The maximum absolute atomic E-state index is 12.2. The Bertz CT molecular complexity index is 678. The molecule has 1 rings (SSSR count). The molecule has 0 fully saturated rings. The number of aliphatic carboxylic acids is 1. The van der Waals surface area contributed by atoms with E-state index >= 15 is 0 Å². The van der Waals surface area contributed by atoms with Gasteiger partial charge in [0.15, 0.2) is 9.84 Å². The van der Waals surface area contributed by atoms with Crippen LogP contribution in [0.15, 0.2) is 26.0 Å². The number of sulfone groups is 1. The Morgan fingerprint density at radius 2 is 1.82 bits per heavy atom. The normalized spacial score (nSPS) is 10.7. The SMILES string of the molecule is Cc1ccc(S(=O)(=O)CC(=O)[N-]CCC(=O)O)c(Br)c1Br.[K+]. The first-order valence-corrected chi connectivity index (χ1v) is 8.98. The Morgan fingerprint density at radius 1 is 1.23 bits per heavy atom. The first-order valence-electron chi connectivity index (χ1n) is 5.74. The van der Waals surface area contributed by atoms with Gasteiger partial charge in [0.05, 0.1) is 21.0 Å². The van der Waals surface area contributed by atoms with E-state index in [1.807, 2.05) is 0 Å². The molecule has 0 bridgehead atoms. The van der Waals surface area contributed by atoms with E-state index in [-0.39, 0.29) is 69.2 Å². The molecular formula is C12H12Br2KNO5S. The van der Waals surface area contributed by atoms with E-state index in [0.717, 1.165) is 5.56 Å². The van der Waals surface area contributed by atoms with Crippen molar-refractivity contribution in [1.82, 2.24) is 0 Å². The van der Waals surface area contributed by atoms with E-state index in [1.54, 1.807) is 13.0 Å². The van der Waals surface area contributed by atoms with E-state index in [2.05, 4.69) is 37.2 Å². The fourth-order valence-electron chi connectivity index (χ4n) is 1.43. The van der Waals surface area contributed by atoms with Gasteiger partial charge in [-0.05, 0) is 50.4 Å². The summed E-state index contributed by atoms with van der Waals surface area (Å²) in [5, 5.41) is 11.8. The van der Waals surface area contributed by atoms with Crippen molar-refractivity contribution in [3.05, 3.63) is 32.0 Å². The van der Waals surface area contributed by atoms with Gasteiger partial charge in [-0.2, -0.15) is 0 Å². The molecule has 0 unspecified atom stereocenters. The number of halogens is 2. The fourth-order valence-corrected chi connectivity index (χ4v) is 4.31. The molecule has 1 aromatic rings. The number of rotatable bonds is 6. The number of carboxylic acid groups (broad SMARTS) is 1. The van der Waals surface area contributed by atoms with Crippen molar-refractivity contribution in [2.45, 2.75) is 18.2 Å². The third kappa shape index (κ3) is 6.68. The number of benzene rings is 1. The Labute approximate surface area is 188 Å². The van der Waals surface area contributed by atoms with Crippen molar-refractivity contribution in [2.24, 2.45) is 0 Å². The second kappa shape index (κ2) is 9.87. The first-order chi connectivity index (χ1) is 9.65. The van der Waals surface area contributed by atoms with Crippen molar-refractivity contribution in [1.29, 1.82) is 0 Å². The van der Waals surface area contributed by atoms with Crippen LogP contribution in [0, 0.1) is 6.92 Å². The van der Waals surface area contributed by atoms with Crippen molar-refractivity contribution in [2.75, 3.05) is 12.3 Å². The molecule has 1 aromatic carbocycles. The zero-order chi connectivity index (χ0) is 16.2. The fraction of sp³-hybridized carbons (Fsp3) is 0.333. The number of nitrogens with zero attached hydrogens (tertiary/aromatic N) is 1. The van der Waals surface area contributed by atoms with Crippen LogP contribution >= 0.6 is 31.9 Å². The van der Waals surface area contributed by atoms with Gasteiger partial charge in [-0.15, -0.1) is 6.54 Å². The average Bonchev–Trinajstić information content (AvgIpc) is 2.34. The molecule has 6 nitrogen and oxygen atoms in total. The molecule has 0 saturated heterocycles. The quantitative estimate of drug-likeness (QED) is 0.561. The van der Waals surface area contributed by atoms with Crippen LogP contribution in [0.25, 0.3) is 5.32 Å². The molecule has 0 aliphatic heterocycles. The second-order valence-electron chi connectivity index (χ2n) is 4.19. The molecule has 0 aliphatic carbocycles. The number of hydrogen-bond donors (Lipinski definition) is 1. The van der Waals surface area contributed by atoms with Crippen molar-refractivity contribution in [3.8, 4) is 0 Å². The summed E-state index contributed by atoms with van der Waals surface area (Å²) in [6, 6.07) is 3.03. The zero-order valence-electron chi connectivity index (χ0n) is 12.0. The Morgan fingerprint density at radius 3 is 2.36 bits per heavy atom. The Balaban J connectivity index is 0.00000441. The third-order valence-electron chi connectivity index (χ3n) is 2.50. The van der Waals surface area contributed by atoms with Crippen LogP contribution < -0.4 is 51.4 Å². The van der Waals surface area contributed by atoms with Crippen LogP contribution in [0.5, 0.6) is 0 Å². The number of carboxylic acids is 1. The smallest absolute Gasteiger partial charge is 0.652 e. The topological polar surface area (TPSA) is 103 Å². The van der Waals surface area contributed by atoms with E-state index < -0.39 is 27.5 Å². The number of hydrogen-bond acceptors (Lipinski definition) is 4. The molecular weight excluding hydrogens is 469 g/mol. The van der Waals surface area contributed by atoms with Crippen molar-refractivity contribution >= 4 is 53.6 Å². The van der Waals surface area contributed by atoms with Crippen LogP contribution in [0.1, 0.15) is 12.0 Å². The first kappa shape index (κ1) is 22.7. The van der Waals surface area contributed by atoms with Gasteiger partial charge in [-0.1, -0.05) is 6.07 Å². The maximum atomic E-state index is 12.2. The molecule has 0 aromatic heterocycles. The molecule has 0 atom stereocenters. The van der Waals surface area contributed by atoms with Crippen molar-refractivity contribution < 1.29 is 74.5 Å². The minimum atomic E-state index is -3.85. The predicted octanol–water partition coefficient (Wildman–Crippen LogP) is -0.327. The van der Waals surface area contributed by atoms with E-state index in [4.69, 9.17) is 5.11 Å². The Kier molecular flexibility index (Phi) is 10.2. The molecule has 1 N–H and O–H groups in total. The largest absolute Gasteiger partial charge is 1.00 e. The molecule has 10 heteroatoms. The molecule has 116 valence electrons. The summed E-state index contributed by atoms with van der Waals surface area (Å²) in [7, 11) is -3.85. The maximum Gasteiger partial charge on any atom is 1.00 e. The summed E-state index contributed by atoms with van der Waals surface area (Å²) < 4.78 is 25.3. The van der Waals surface area contributed by atoms with Gasteiger partial charge in [0.25, 0.3) is 0 Å². The van der Waals surface area contributed by atoms with Crippen LogP contribution in [-0.2, 0) is 19.4 Å². The molecule has 0 heterocycles. The van der Waals surface area contributed by atoms with Crippen LogP contribution in [0.3, 0.4) is 0 Å². The number of carbonyl (C=O) groups excluding carboxylic acids is 1. The summed E-state index contributed by atoms with van der Waals surface area (Å²) in [4.78, 5) is 21.8. The summed E-state index contributed by atoms with van der Waals surface area (Å²) in [6.07, 6.45) is -0.314. The second-order valence-corrected chi connectivity index (χ2v) is 7.73. The van der Waals surface area contributed by atoms with E-state index in [9.17, 15) is 18.0 Å². The number of aryl methyl sites for hydroxylation is 1. The minimum absolute atomic E-state index is 0. The standard InChI is InChI=1S/C12H13Br2NO5S.K/c1-7-2-3-8(12(14)11(7)13)21(19,20)6-9(16)15-5-4-10(17)18;/h2-3H,4-6H2,1H3,(H2,15,16,17,18);/q;+1/p-1. The molecule has 0 saturated carbocycles. The van der Waals surface area contributed by atoms with Gasteiger partial charge in [0, 0.05) is 10.9 Å². The van der Waals surface area contributed by atoms with Crippen LogP contribution in [0.2, 0.25) is 0 Å². The van der Waals surface area contributed by atoms with Gasteiger partial charge in [-0.3, -0.25) is 4.79 Å². The monoisotopic (exact) mass is 479 g/mol. The third-order valence-corrected chi connectivity index (χ3v) is 6.78. The predicted molar refractivity (Wildman–Crippen MR) is 84.1 cm³/mol. The van der Waals surface area contributed by atoms with E-state index in [1.165, 1.54) is 6.07 Å². The molecule has 0 aliphatic rings. The molecule has 0 radical (unpaired) electrons. The van der Waals surface area contributed by atoms with Crippen LogP contribution in [-0.4, -0.2) is 37.7 Å². The van der Waals surface area contributed by atoms with Gasteiger partial charge in [0.2, 0.25) is 0 Å². The zero-order valence-corrected chi connectivity index (χ0v) is 19.1. The summed E-state index contributed by atoms with van der Waals surface area (Å²) in [5.41, 5.74) is 0.846. The average molecular weight is 481 g/mol. The van der Waals surface area contributed by atoms with Gasteiger partial charge >= 0.3 is 57.4 Å². The van der Waals surface area contributed by atoms with Gasteiger partial charge < -0.3 is 15.2 Å². The molecule has 0 spiro atoms. The molecule has 22 heavy (non-hydrogen) atoms. The summed E-state index contributed by atoms with van der Waals surface area (Å²) >= 11 is 6.44. The number of carbonyl (C=O) groups is 2. The van der Waals surface area contributed by atoms with Crippen LogP contribution in [0.4, 0.5) is 0 Å². The number of amides is 1. The molecule has 1 amide bonds. The summed E-state index contributed by atoms with van der Waals surface area (Å²) in [6.45, 7) is 1.57. The Hall–Kier alpha value is 0.706. The van der Waals surface area contributed by atoms with Gasteiger partial charge in [-0.25, -0.2) is 8.42 Å². The van der Waals surface area contributed by atoms with E-state index in [0.29, 0.717) is 8.95 Å². The minimum Gasteiger partial charge on any atom is -0.652 e.